The molecule has 0 saturated heterocycles. The molecule has 0 radical (unpaired) electrons. The van der Waals surface area contributed by atoms with Crippen LogP contribution in [0.4, 0.5) is 5.00 Å². The van der Waals surface area contributed by atoms with Crippen molar-refractivity contribution in [3.63, 3.8) is 0 Å². The number of halogens is 2. The number of anilines is 1. The molecule has 0 unspecified atom stereocenters. The molecule has 2 heterocycles. The summed E-state index contributed by atoms with van der Waals surface area (Å²) < 4.78 is 0. The predicted octanol–water partition coefficient (Wildman–Crippen LogP) is 5.03. The molecule has 0 spiro atoms. The van der Waals surface area contributed by atoms with Gasteiger partial charge in [-0.15, -0.1) is 11.3 Å². The first-order chi connectivity index (χ1) is 11.0. The van der Waals surface area contributed by atoms with E-state index >= 15 is 0 Å². The smallest absolute Gasteiger partial charge is 0.256 e. The first-order valence-corrected chi connectivity index (χ1v) is 9.27. The summed E-state index contributed by atoms with van der Waals surface area (Å²) in [5.41, 5.74) is 2.98. The molecule has 1 aliphatic heterocycles. The number of benzene rings is 1. The van der Waals surface area contributed by atoms with Crippen LogP contribution < -0.4 is 10.6 Å². The standard InChI is InChI=1S/C17H16Cl2N2OS/c1-8-2-4-10-13(6-8)23-17-14(10)16(22)20-15(21-17)9-3-5-11(18)12(19)7-9/h3,5,7-8,15,21H,2,4,6H2,1H3,(H,20,22)/t8-,15+/m1/s1. The lowest BCUT2D eigenvalue weighted by Gasteiger charge is -2.27. The number of nitrogens with one attached hydrogen (secondary N) is 2. The molecule has 1 aromatic heterocycles. The van der Waals surface area contributed by atoms with Gasteiger partial charge in [0.1, 0.15) is 11.2 Å². The topological polar surface area (TPSA) is 41.1 Å². The van der Waals surface area contributed by atoms with Gasteiger partial charge in [0.2, 0.25) is 0 Å². The average molecular weight is 367 g/mol. The van der Waals surface area contributed by atoms with Crippen LogP contribution in [-0.4, -0.2) is 5.91 Å². The van der Waals surface area contributed by atoms with E-state index in [0.29, 0.717) is 16.0 Å². The van der Waals surface area contributed by atoms with Gasteiger partial charge in [-0.3, -0.25) is 4.79 Å². The number of hydrogen-bond acceptors (Lipinski definition) is 3. The Bertz CT molecular complexity index is 802. The van der Waals surface area contributed by atoms with E-state index in [0.717, 1.165) is 35.4 Å². The van der Waals surface area contributed by atoms with Crippen molar-refractivity contribution in [2.24, 2.45) is 5.92 Å². The molecule has 2 aromatic rings. The lowest BCUT2D eigenvalue weighted by Crippen LogP contribution is -2.38. The Labute approximate surface area is 149 Å². The normalized spacial score (nSPS) is 22.8. The van der Waals surface area contributed by atoms with E-state index in [1.165, 1.54) is 10.4 Å². The van der Waals surface area contributed by atoms with Crippen molar-refractivity contribution in [2.75, 3.05) is 5.32 Å². The minimum Gasteiger partial charge on any atom is -0.353 e. The lowest BCUT2D eigenvalue weighted by atomic mass is 9.88. The molecule has 4 rings (SSSR count). The molecule has 3 nitrogen and oxygen atoms in total. The zero-order chi connectivity index (χ0) is 16.1. The van der Waals surface area contributed by atoms with Gasteiger partial charge in [0, 0.05) is 4.88 Å². The summed E-state index contributed by atoms with van der Waals surface area (Å²) in [6.07, 6.45) is 2.94. The first-order valence-electron chi connectivity index (χ1n) is 7.70. The second-order valence-corrected chi connectivity index (χ2v) is 8.20. The maximum absolute atomic E-state index is 12.6. The van der Waals surface area contributed by atoms with Crippen LogP contribution in [-0.2, 0) is 12.8 Å². The molecule has 1 aromatic carbocycles. The molecule has 120 valence electrons. The molecule has 1 amide bonds. The van der Waals surface area contributed by atoms with Crippen LogP contribution in [0.1, 0.15) is 45.9 Å². The Balaban J connectivity index is 1.70. The third-order valence-corrected chi connectivity index (χ3v) is 6.49. The molecule has 2 aliphatic rings. The van der Waals surface area contributed by atoms with E-state index in [2.05, 4.69) is 17.6 Å². The molecule has 2 N–H and O–H groups in total. The summed E-state index contributed by atoms with van der Waals surface area (Å²) in [5, 5.41) is 8.46. The molecular formula is C17H16Cl2N2OS. The fourth-order valence-electron chi connectivity index (χ4n) is 3.32. The Morgan fingerprint density at radius 3 is 2.83 bits per heavy atom. The number of carbonyl (C=O) groups is 1. The number of thiophene rings is 1. The van der Waals surface area contributed by atoms with Crippen molar-refractivity contribution < 1.29 is 4.79 Å². The van der Waals surface area contributed by atoms with Crippen LogP contribution in [0, 0.1) is 5.92 Å². The summed E-state index contributed by atoms with van der Waals surface area (Å²) >= 11 is 13.8. The Morgan fingerprint density at radius 2 is 2.04 bits per heavy atom. The second-order valence-electron chi connectivity index (χ2n) is 6.28. The highest BCUT2D eigenvalue weighted by atomic mass is 35.5. The predicted molar refractivity (Wildman–Crippen MR) is 95.8 cm³/mol. The van der Waals surface area contributed by atoms with Crippen LogP contribution in [0.25, 0.3) is 0 Å². The Hall–Kier alpha value is -1.23. The zero-order valence-corrected chi connectivity index (χ0v) is 14.9. The zero-order valence-electron chi connectivity index (χ0n) is 12.6. The van der Waals surface area contributed by atoms with Crippen LogP contribution >= 0.6 is 34.5 Å². The van der Waals surface area contributed by atoms with Crippen LogP contribution in [0.15, 0.2) is 18.2 Å². The van der Waals surface area contributed by atoms with E-state index in [4.69, 9.17) is 23.2 Å². The SMILES string of the molecule is C[C@@H]1CCc2c(sc3c2C(=O)N[C@H](c2ccc(Cl)c(Cl)c2)N3)C1. The summed E-state index contributed by atoms with van der Waals surface area (Å²) in [4.78, 5) is 14.0. The van der Waals surface area contributed by atoms with Gasteiger partial charge in [0.25, 0.3) is 5.91 Å². The number of amides is 1. The van der Waals surface area contributed by atoms with Gasteiger partial charge < -0.3 is 10.6 Å². The van der Waals surface area contributed by atoms with Crippen LogP contribution in [0.5, 0.6) is 0 Å². The molecule has 1 aliphatic carbocycles. The largest absolute Gasteiger partial charge is 0.353 e. The van der Waals surface area contributed by atoms with Crippen molar-refractivity contribution in [1.82, 2.24) is 5.32 Å². The molecule has 0 saturated carbocycles. The summed E-state index contributed by atoms with van der Waals surface area (Å²) in [5.74, 6) is 0.693. The summed E-state index contributed by atoms with van der Waals surface area (Å²) in [6, 6.07) is 5.43. The van der Waals surface area contributed by atoms with Crippen molar-refractivity contribution in [1.29, 1.82) is 0 Å². The highest BCUT2D eigenvalue weighted by Gasteiger charge is 2.33. The molecule has 2 atom stereocenters. The number of carbonyl (C=O) groups excluding carboxylic acids is 1. The van der Waals surface area contributed by atoms with E-state index in [1.54, 1.807) is 23.5 Å². The van der Waals surface area contributed by atoms with Gasteiger partial charge in [-0.05, 0) is 48.4 Å². The van der Waals surface area contributed by atoms with E-state index < -0.39 is 0 Å². The van der Waals surface area contributed by atoms with Crippen molar-refractivity contribution in [2.45, 2.75) is 32.4 Å². The summed E-state index contributed by atoms with van der Waals surface area (Å²) in [6.45, 7) is 2.27. The minimum absolute atomic E-state index is 0.00174. The van der Waals surface area contributed by atoms with Crippen LogP contribution in [0.3, 0.4) is 0 Å². The highest BCUT2D eigenvalue weighted by molar-refractivity contribution is 7.16. The van der Waals surface area contributed by atoms with Gasteiger partial charge in [0.15, 0.2) is 0 Å². The minimum atomic E-state index is -0.276. The van der Waals surface area contributed by atoms with E-state index in [1.807, 2.05) is 6.07 Å². The van der Waals surface area contributed by atoms with Crippen molar-refractivity contribution >= 4 is 45.4 Å². The molecule has 23 heavy (non-hydrogen) atoms. The monoisotopic (exact) mass is 366 g/mol. The highest BCUT2D eigenvalue weighted by Crippen LogP contribution is 2.42. The van der Waals surface area contributed by atoms with Crippen molar-refractivity contribution in [3.05, 3.63) is 49.8 Å². The van der Waals surface area contributed by atoms with Crippen molar-refractivity contribution in [3.8, 4) is 0 Å². The lowest BCUT2D eigenvalue weighted by molar-refractivity contribution is 0.0935. The number of fused-ring (bicyclic) bond motifs is 3. The third-order valence-electron chi connectivity index (χ3n) is 4.57. The van der Waals surface area contributed by atoms with E-state index in [9.17, 15) is 4.79 Å². The molecular weight excluding hydrogens is 351 g/mol. The molecule has 0 bridgehead atoms. The van der Waals surface area contributed by atoms with E-state index in [-0.39, 0.29) is 12.1 Å². The average Bonchev–Trinajstić information content (AvgIpc) is 2.87. The maximum Gasteiger partial charge on any atom is 0.256 e. The van der Waals surface area contributed by atoms with Gasteiger partial charge in [0.05, 0.1) is 15.6 Å². The van der Waals surface area contributed by atoms with Crippen LogP contribution in [0.2, 0.25) is 10.0 Å². The first kappa shape index (κ1) is 15.3. The second kappa shape index (κ2) is 5.69. The molecule has 6 heteroatoms. The quantitative estimate of drug-likeness (QED) is 0.742. The van der Waals surface area contributed by atoms with Gasteiger partial charge in [-0.25, -0.2) is 0 Å². The molecule has 0 fully saturated rings. The third kappa shape index (κ3) is 2.63. The Morgan fingerprint density at radius 1 is 1.22 bits per heavy atom. The summed E-state index contributed by atoms with van der Waals surface area (Å²) in [7, 11) is 0. The number of hydrogen-bond donors (Lipinski definition) is 2. The van der Waals surface area contributed by atoms with Gasteiger partial charge >= 0.3 is 0 Å². The van der Waals surface area contributed by atoms with Gasteiger partial charge in [-0.1, -0.05) is 36.2 Å². The number of rotatable bonds is 1. The maximum atomic E-state index is 12.6. The fraction of sp³-hybridized carbons (Fsp3) is 0.353. The Kier molecular flexibility index (Phi) is 3.79. The van der Waals surface area contributed by atoms with Gasteiger partial charge in [-0.2, -0.15) is 0 Å². The fourth-order valence-corrected chi connectivity index (χ4v) is 5.06.